The van der Waals surface area contributed by atoms with Crippen LogP contribution in [0, 0.1) is 11.8 Å². The standard InChI is InChI=1S/C19H22N2O2/c1-13-7-8-14(9-13)12-20-19(23)16-10-17(21-18(22)11-16)15-5-3-2-4-6-15/h2-6,10-11,13-14H,7-9,12H2,1H3,(H,20,23)(H,21,22). The number of nitrogens with one attached hydrogen (secondary N) is 2. The number of H-pyrrole nitrogens is 1. The number of pyridine rings is 1. The average Bonchev–Trinajstić information content (AvgIpc) is 2.98. The van der Waals surface area contributed by atoms with E-state index in [1.54, 1.807) is 6.07 Å². The van der Waals surface area contributed by atoms with Crippen molar-refractivity contribution in [1.29, 1.82) is 0 Å². The molecule has 0 radical (unpaired) electrons. The van der Waals surface area contributed by atoms with Crippen molar-refractivity contribution in [2.75, 3.05) is 6.54 Å². The van der Waals surface area contributed by atoms with E-state index in [-0.39, 0.29) is 11.5 Å². The van der Waals surface area contributed by atoms with Crippen LogP contribution in [0.3, 0.4) is 0 Å². The molecule has 0 bridgehead atoms. The Morgan fingerprint density at radius 2 is 2.00 bits per heavy atom. The minimum absolute atomic E-state index is 0.173. The summed E-state index contributed by atoms with van der Waals surface area (Å²) in [6.07, 6.45) is 3.58. The molecule has 1 aliphatic rings. The van der Waals surface area contributed by atoms with Crippen LogP contribution in [-0.4, -0.2) is 17.4 Å². The Balaban J connectivity index is 1.73. The lowest BCUT2D eigenvalue weighted by Gasteiger charge is -2.11. The molecule has 2 aromatic rings. The molecule has 1 amide bonds. The molecule has 2 atom stereocenters. The van der Waals surface area contributed by atoms with Crippen LogP contribution in [-0.2, 0) is 0 Å². The molecule has 4 nitrogen and oxygen atoms in total. The van der Waals surface area contributed by atoms with Crippen molar-refractivity contribution in [1.82, 2.24) is 10.3 Å². The number of hydrogen-bond acceptors (Lipinski definition) is 2. The lowest BCUT2D eigenvalue weighted by atomic mass is 10.1. The summed E-state index contributed by atoms with van der Waals surface area (Å²) >= 11 is 0. The number of amides is 1. The third-order valence-corrected chi connectivity index (χ3v) is 4.55. The first-order chi connectivity index (χ1) is 11.1. The van der Waals surface area contributed by atoms with E-state index in [1.807, 2.05) is 30.3 Å². The van der Waals surface area contributed by atoms with Gasteiger partial charge in [0.2, 0.25) is 5.56 Å². The van der Waals surface area contributed by atoms with Gasteiger partial charge in [-0.1, -0.05) is 43.7 Å². The lowest BCUT2D eigenvalue weighted by Crippen LogP contribution is -2.29. The summed E-state index contributed by atoms with van der Waals surface area (Å²) in [5.74, 6) is 1.14. The van der Waals surface area contributed by atoms with Crippen LogP contribution in [0.25, 0.3) is 11.3 Å². The van der Waals surface area contributed by atoms with Gasteiger partial charge in [0.1, 0.15) is 0 Å². The molecule has 0 aliphatic heterocycles. The lowest BCUT2D eigenvalue weighted by molar-refractivity contribution is 0.0947. The molecule has 1 fully saturated rings. The molecule has 3 rings (SSSR count). The minimum Gasteiger partial charge on any atom is -0.352 e. The van der Waals surface area contributed by atoms with Crippen LogP contribution in [0.15, 0.2) is 47.3 Å². The van der Waals surface area contributed by atoms with Gasteiger partial charge in [-0.3, -0.25) is 9.59 Å². The second-order valence-corrected chi connectivity index (χ2v) is 6.51. The fourth-order valence-electron chi connectivity index (χ4n) is 3.30. The normalized spacial score (nSPS) is 20.4. The van der Waals surface area contributed by atoms with Crippen LogP contribution in [0.4, 0.5) is 0 Å². The Kier molecular flexibility index (Phi) is 4.60. The molecule has 1 heterocycles. The van der Waals surface area contributed by atoms with Crippen LogP contribution >= 0.6 is 0 Å². The molecular weight excluding hydrogens is 288 g/mol. The van der Waals surface area contributed by atoms with E-state index in [0.29, 0.717) is 23.7 Å². The zero-order chi connectivity index (χ0) is 16.2. The van der Waals surface area contributed by atoms with Crippen LogP contribution in [0.1, 0.15) is 36.5 Å². The van der Waals surface area contributed by atoms with Gasteiger partial charge in [0.25, 0.3) is 5.91 Å². The van der Waals surface area contributed by atoms with Crippen molar-refractivity contribution in [2.24, 2.45) is 11.8 Å². The molecule has 120 valence electrons. The van der Waals surface area contributed by atoms with Gasteiger partial charge < -0.3 is 10.3 Å². The summed E-state index contributed by atoms with van der Waals surface area (Å²) in [6, 6.07) is 12.6. The predicted molar refractivity (Wildman–Crippen MR) is 91.3 cm³/mol. The van der Waals surface area contributed by atoms with Gasteiger partial charge in [-0.25, -0.2) is 0 Å². The second-order valence-electron chi connectivity index (χ2n) is 6.51. The summed E-state index contributed by atoms with van der Waals surface area (Å²) in [6.45, 7) is 2.95. The van der Waals surface area contributed by atoms with Crippen LogP contribution in [0.5, 0.6) is 0 Å². The summed E-state index contributed by atoms with van der Waals surface area (Å²) in [7, 11) is 0. The van der Waals surface area contributed by atoms with Gasteiger partial charge in [-0.05, 0) is 36.3 Å². The van der Waals surface area contributed by atoms with E-state index in [4.69, 9.17) is 0 Å². The van der Waals surface area contributed by atoms with Crippen LogP contribution in [0.2, 0.25) is 0 Å². The Bertz CT molecular complexity index is 737. The zero-order valence-corrected chi connectivity index (χ0v) is 13.3. The zero-order valence-electron chi connectivity index (χ0n) is 13.3. The molecule has 1 aromatic heterocycles. The van der Waals surface area contributed by atoms with Crippen LogP contribution < -0.4 is 10.9 Å². The Labute approximate surface area is 135 Å². The molecule has 1 aromatic carbocycles. The maximum absolute atomic E-state index is 12.4. The number of aromatic amines is 1. The van der Waals surface area contributed by atoms with Gasteiger partial charge in [-0.2, -0.15) is 0 Å². The fraction of sp³-hybridized carbons (Fsp3) is 0.368. The molecule has 2 N–H and O–H groups in total. The molecular formula is C19H22N2O2. The van der Waals surface area contributed by atoms with Gasteiger partial charge in [-0.15, -0.1) is 0 Å². The Hall–Kier alpha value is -2.36. The largest absolute Gasteiger partial charge is 0.352 e. The Morgan fingerprint density at radius 1 is 1.22 bits per heavy atom. The van der Waals surface area contributed by atoms with Crippen molar-refractivity contribution in [3.63, 3.8) is 0 Å². The van der Waals surface area contributed by atoms with Crippen molar-refractivity contribution in [3.05, 3.63) is 58.4 Å². The maximum Gasteiger partial charge on any atom is 0.251 e. The SMILES string of the molecule is CC1CCC(CNC(=O)c2cc(-c3ccccc3)[nH]c(=O)c2)C1. The first kappa shape index (κ1) is 15.5. The molecule has 1 saturated carbocycles. The smallest absolute Gasteiger partial charge is 0.251 e. The van der Waals surface area contributed by atoms with E-state index >= 15 is 0 Å². The molecule has 4 heteroatoms. The van der Waals surface area contributed by atoms with Gasteiger partial charge in [0.05, 0.1) is 0 Å². The number of carbonyl (C=O) groups is 1. The van der Waals surface area contributed by atoms with Crippen molar-refractivity contribution >= 4 is 5.91 Å². The molecule has 0 saturated heterocycles. The molecule has 2 unspecified atom stereocenters. The van der Waals surface area contributed by atoms with Crippen molar-refractivity contribution < 1.29 is 4.79 Å². The second kappa shape index (κ2) is 6.82. The van der Waals surface area contributed by atoms with E-state index < -0.39 is 0 Å². The van der Waals surface area contributed by atoms with Crippen molar-refractivity contribution in [2.45, 2.75) is 26.2 Å². The van der Waals surface area contributed by atoms with E-state index in [0.717, 1.165) is 11.5 Å². The highest BCUT2D eigenvalue weighted by Crippen LogP contribution is 2.29. The minimum atomic E-state index is -0.258. The molecule has 1 aliphatic carbocycles. The number of rotatable bonds is 4. The predicted octanol–water partition coefficient (Wildman–Crippen LogP) is 3.21. The highest BCUT2D eigenvalue weighted by atomic mass is 16.2. The third-order valence-electron chi connectivity index (χ3n) is 4.55. The highest BCUT2D eigenvalue weighted by molar-refractivity contribution is 5.95. The third kappa shape index (κ3) is 3.89. The van der Waals surface area contributed by atoms with E-state index in [9.17, 15) is 9.59 Å². The van der Waals surface area contributed by atoms with Gasteiger partial charge in [0.15, 0.2) is 0 Å². The maximum atomic E-state index is 12.4. The van der Waals surface area contributed by atoms with Gasteiger partial charge in [0, 0.05) is 23.9 Å². The quantitative estimate of drug-likeness (QED) is 0.911. The monoisotopic (exact) mass is 310 g/mol. The highest BCUT2D eigenvalue weighted by Gasteiger charge is 2.21. The topological polar surface area (TPSA) is 62.0 Å². The van der Waals surface area contributed by atoms with Gasteiger partial charge >= 0.3 is 0 Å². The van der Waals surface area contributed by atoms with E-state index in [2.05, 4.69) is 17.2 Å². The average molecular weight is 310 g/mol. The summed E-state index contributed by atoms with van der Waals surface area (Å²) < 4.78 is 0. The fourth-order valence-corrected chi connectivity index (χ4v) is 3.30. The molecule has 0 spiro atoms. The van der Waals surface area contributed by atoms with E-state index in [1.165, 1.54) is 25.3 Å². The summed E-state index contributed by atoms with van der Waals surface area (Å²) in [4.78, 5) is 27.0. The Morgan fingerprint density at radius 3 is 2.70 bits per heavy atom. The number of aromatic nitrogens is 1. The number of benzene rings is 1. The summed E-state index contributed by atoms with van der Waals surface area (Å²) in [5, 5.41) is 2.98. The number of hydrogen-bond donors (Lipinski definition) is 2. The first-order valence-corrected chi connectivity index (χ1v) is 8.20. The first-order valence-electron chi connectivity index (χ1n) is 8.20. The summed E-state index contributed by atoms with van der Waals surface area (Å²) in [5.41, 5.74) is 1.71. The number of carbonyl (C=O) groups excluding carboxylic acids is 1. The molecule has 23 heavy (non-hydrogen) atoms. The van der Waals surface area contributed by atoms with Crippen molar-refractivity contribution in [3.8, 4) is 11.3 Å².